The molecule has 7 aromatic rings. The van der Waals surface area contributed by atoms with Gasteiger partial charge in [-0.25, -0.2) is 0 Å². The summed E-state index contributed by atoms with van der Waals surface area (Å²) in [5.41, 5.74) is 7.61. The number of hydrogen-bond acceptors (Lipinski definition) is 3. The molecule has 0 amide bonds. The van der Waals surface area contributed by atoms with E-state index >= 15 is 0 Å². The van der Waals surface area contributed by atoms with Crippen molar-refractivity contribution in [2.75, 3.05) is 0 Å². The Balaban J connectivity index is 0.000000198. The van der Waals surface area contributed by atoms with E-state index in [9.17, 15) is 4.39 Å². The maximum Gasteiger partial charge on any atom is 0 e. The van der Waals surface area contributed by atoms with E-state index in [1.807, 2.05) is 41.9 Å². The molecule has 6 heteroatoms. The van der Waals surface area contributed by atoms with Gasteiger partial charge in [-0.2, -0.15) is 11.3 Å². The second-order valence-electron chi connectivity index (χ2n) is 13.6. The van der Waals surface area contributed by atoms with Gasteiger partial charge < -0.3 is 4.98 Å². The Morgan fingerprint density at radius 3 is 2.27 bits per heavy atom. The van der Waals surface area contributed by atoms with Crippen LogP contribution in [0.2, 0.25) is 17.3 Å². The summed E-state index contributed by atoms with van der Waals surface area (Å²) in [6.07, 6.45) is 4.79. The number of fused-ring (bicyclic) bond motifs is 3. The SMILES string of the molecule is Cc1cc(-c2[c-]ccc3c2sc2ccccc23)ncc1-c1ccccc1.[2H]C([2H])([2H])c1c[c-]c(-c2cc(CC(C)C)[c]([Ge]([CH3])([CH3])[CH3])cn2)c(F)c1.[Ir]. The number of rotatable bonds is 6. The molecule has 0 spiro atoms. The average molecular weight is 905 g/mol. The molecule has 7 rings (SSSR count). The van der Waals surface area contributed by atoms with Crippen molar-refractivity contribution in [3.8, 4) is 33.6 Å². The van der Waals surface area contributed by atoms with Gasteiger partial charge in [0.15, 0.2) is 0 Å². The first-order valence-corrected chi connectivity index (χ1v) is 24.4. The van der Waals surface area contributed by atoms with Crippen LogP contribution in [0, 0.1) is 37.6 Å². The maximum absolute atomic E-state index is 14.5. The quantitative estimate of drug-likeness (QED) is 0.123. The molecule has 0 atom stereocenters. The zero-order valence-corrected chi connectivity index (χ0v) is 33.9. The molecular weight excluding hydrogens is 860 g/mol. The molecule has 2 nitrogen and oxygen atoms in total. The van der Waals surface area contributed by atoms with Crippen molar-refractivity contribution in [3.63, 3.8) is 0 Å². The van der Waals surface area contributed by atoms with Crippen LogP contribution < -0.4 is 4.40 Å². The van der Waals surface area contributed by atoms with E-state index in [1.54, 1.807) is 0 Å². The molecule has 3 heterocycles. The molecular formula is C43H41FGeIrN2S-2. The number of benzene rings is 4. The minimum atomic E-state index is -2.34. The number of pyridine rings is 2. The van der Waals surface area contributed by atoms with Crippen molar-refractivity contribution in [3.05, 3.63) is 138 Å². The number of aryl methyl sites for hydroxylation is 2. The van der Waals surface area contributed by atoms with Crippen LogP contribution in [0.25, 0.3) is 53.8 Å². The molecule has 0 saturated carbocycles. The standard InChI is InChI=1S/C24H16NS.C19H25FGeN.Ir/c1-16-14-22(25-15-21(16)17-8-3-2-4-9-17)20-12-7-11-19-18-10-5-6-13-23(18)26-24(19)20;1-13(2)9-15-11-19(22-12-18(15)21(4,5)6)16-8-7-14(3)10-17(16)20;/h2-11,13-15H,1H3;7,10-13H,9H2,1-6H3;/q2*-1;/i;3D3;. The second-order valence-corrected chi connectivity index (χ2v) is 25.3. The topological polar surface area (TPSA) is 25.8 Å². The summed E-state index contributed by atoms with van der Waals surface area (Å²) in [4.78, 5) is 9.25. The zero-order valence-electron chi connectivity index (χ0n) is 31.6. The summed E-state index contributed by atoms with van der Waals surface area (Å²) >= 11 is -0.265. The van der Waals surface area contributed by atoms with Crippen molar-refractivity contribution < 1.29 is 28.6 Å². The Labute approximate surface area is 314 Å². The predicted molar refractivity (Wildman–Crippen MR) is 206 cm³/mol. The van der Waals surface area contributed by atoms with Gasteiger partial charge in [0.1, 0.15) is 0 Å². The summed E-state index contributed by atoms with van der Waals surface area (Å²) in [6.45, 7) is 4.14. The van der Waals surface area contributed by atoms with Crippen LogP contribution in [0.4, 0.5) is 4.39 Å². The van der Waals surface area contributed by atoms with Gasteiger partial charge in [-0.1, -0.05) is 60.0 Å². The summed E-state index contributed by atoms with van der Waals surface area (Å²) in [6, 6.07) is 35.9. The third kappa shape index (κ3) is 8.29. The fourth-order valence-electron chi connectivity index (χ4n) is 6.08. The van der Waals surface area contributed by atoms with Crippen LogP contribution in [0.3, 0.4) is 0 Å². The van der Waals surface area contributed by atoms with E-state index < -0.39 is 25.9 Å². The van der Waals surface area contributed by atoms with Crippen molar-refractivity contribution in [2.45, 2.75) is 51.3 Å². The molecule has 0 saturated heterocycles. The molecule has 0 aliphatic rings. The van der Waals surface area contributed by atoms with Gasteiger partial charge in [-0.15, -0.1) is 23.8 Å². The normalized spacial score (nSPS) is 12.5. The van der Waals surface area contributed by atoms with E-state index in [0.717, 1.165) is 23.7 Å². The minimum Gasteiger partial charge on any atom is 0 e. The number of halogens is 1. The molecule has 0 aliphatic heterocycles. The Morgan fingerprint density at radius 1 is 0.857 bits per heavy atom. The second kappa shape index (κ2) is 15.6. The fraction of sp³-hybridized carbons (Fsp3) is 0.209. The van der Waals surface area contributed by atoms with Crippen LogP contribution in [-0.4, -0.2) is 23.2 Å². The van der Waals surface area contributed by atoms with Crippen LogP contribution in [0.15, 0.2) is 103 Å². The average Bonchev–Trinajstić information content (AvgIpc) is 3.47. The van der Waals surface area contributed by atoms with Gasteiger partial charge >= 0.3 is 140 Å². The van der Waals surface area contributed by atoms with Gasteiger partial charge in [0, 0.05) is 36.6 Å². The molecule has 0 bridgehead atoms. The first-order chi connectivity index (χ1) is 24.2. The molecule has 4 aromatic carbocycles. The van der Waals surface area contributed by atoms with E-state index in [0.29, 0.717) is 11.6 Å². The Morgan fingerprint density at radius 2 is 1.57 bits per heavy atom. The maximum atomic E-state index is 14.5. The summed E-state index contributed by atoms with van der Waals surface area (Å²) < 4.78 is 40.5. The van der Waals surface area contributed by atoms with E-state index in [4.69, 9.17) is 9.10 Å². The predicted octanol–water partition coefficient (Wildman–Crippen LogP) is 11.6. The summed E-state index contributed by atoms with van der Waals surface area (Å²) in [5.74, 6) is 6.85. The molecule has 251 valence electrons. The van der Waals surface area contributed by atoms with Crippen molar-refractivity contribution in [1.29, 1.82) is 0 Å². The third-order valence-corrected chi connectivity index (χ3v) is 13.9. The van der Waals surface area contributed by atoms with Gasteiger partial charge in [0.25, 0.3) is 0 Å². The van der Waals surface area contributed by atoms with Gasteiger partial charge in [-0.3, -0.25) is 0 Å². The van der Waals surface area contributed by atoms with Crippen LogP contribution in [-0.2, 0) is 26.5 Å². The number of hydrogen-bond donors (Lipinski definition) is 0. The molecule has 0 N–H and O–H groups in total. The van der Waals surface area contributed by atoms with Crippen molar-refractivity contribution in [2.24, 2.45) is 5.92 Å². The molecule has 0 fully saturated rings. The molecule has 0 aliphatic carbocycles. The number of thiophene rings is 1. The number of nitrogens with zero attached hydrogens (tertiary/aromatic N) is 2. The zero-order chi connectivity index (χ0) is 36.5. The molecule has 3 aromatic heterocycles. The van der Waals surface area contributed by atoms with E-state index in [1.165, 1.54) is 52.9 Å². The van der Waals surface area contributed by atoms with Gasteiger partial charge in [-0.05, 0) is 39.9 Å². The Hall–Kier alpha value is -3.48. The fourth-order valence-corrected chi connectivity index (χ4v) is 10.6. The van der Waals surface area contributed by atoms with E-state index in [-0.39, 0.29) is 31.2 Å². The number of aromatic nitrogens is 2. The largest absolute Gasteiger partial charge is 0 e. The molecule has 1 radical (unpaired) electrons. The van der Waals surface area contributed by atoms with Crippen molar-refractivity contribution >= 4 is 49.2 Å². The smallest absolute Gasteiger partial charge is 0 e. The summed E-state index contributed by atoms with van der Waals surface area (Å²) in [7, 11) is 0. The van der Waals surface area contributed by atoms with Gasteiger partial charge in [0.2, 0.25) is 0 Å². The molecule has 49 heavy (non-hydrogen) atoms. The molecule has 0 unspecified atom stereocenters. The monoisotopic (exact) mass is 906 g/mol. The summed E-state index contributed by atoms with van der Waals surface area (Å²) in [5, 5.41) is 2.59. The Bertz CT molecular complexity index is 2330. The van der Waals surface area contributed by atoms with Gasteiger partial charge in [0.05, 0.1) is 0 Å². The first-order valence-electron chi connectivity index (χ1n) is 17.8. The first kappa shape index (κ1) is 32.7. The van der Waals surface area contributed by atoms with Crippen LogP contribution >= 0.6 is 11.3 Å². The third-order valence-electron chi connectivity index (χ3n) is 8.37. The van der Waals surface area contributed by atoms with Crippen molar-refractivity contribution in [1.82, 2.24) is 9.97 Å². The van der Waals surface area contributed by atoms with Crippen LogP contribution in [0.1, 0.15) is 34.7 Å². The Kier molecular flexibility index (Phi) is 10.4. The van der Waals surface area contributed by atoms with E-state index in [2.05, 4.69) is 116 Å². The van der Waals surface area contributed by atoms with Crippen LogP contribution in [0.5, 0.6) is 0 Å². The minimum absolute atomic E-state index is 0.